The van der Waals surface area contributed by atoms with Crippen molar-refractivity contribution in [2.24, 2.45) is 0 Å². The number of anilines is 1. The number of carbonyl (C=O) groups is 3. The monoisotopic (exact) mass is 362 g/mol. The van der Waals surface area contributed by atoms with Gasteiger partial charge in [0.05, 0.1) is 18.8 Å². The lowest BCUT2D eigenvalue weighted by Gasteiger charge is -2.07. The smallest absolute Gasteiger partial charge is 0.348 e. The summed E-state index contributed by atoms with van der Waals surface area (Å²) in [7, 11) is 0. The van der Waals surface area contributed by atoms with Crippen LogP contribution < -0.4 is 5.32 Å². The molecule has 0 saturated heterocycles. The maximum atomic E-state index is 12.4. The molecule has 25 heavy (non-hydrogen) atoms. The van der Waals surface area contributed by atoms with E-state index in [0.29, 0.717) is 11.1 Å². The number of pyridine rings is 1. The van der Waals surface area contributed by atoms with Gasteiger partial charge in [0, 0.05) is 18.0 Å². The summed E-state index contributed by atoms with van der Waals surface area (Å²) < 4.78 is 10.0. The van der Waals surface area contributed by atoms with E-state index in [0.717, 1.165) is 11.3 Å². The third kappa shape index (κ3) is 4.21. The van der Waals surface area contributed by atoms with Crippen LogP contribution in [0.4, 0.5) is 5.00 Å². The summed E-state index contributed by atoms with van der Waals surface area (Å²) in [5.74, 6) is -1.55. The number of ether oxygens (including phenoxy) is 2. The van der Waals surface area contributed by atoms with Crippen LogP contribution in [-0.4, -0.2) is 36.0 Å². The van der Waals surface area contributed by atoms with Crippen molar-refractivity contribution in [1.29, 1.82) is 0 Å². The third-order valence-corrected chi connectivity index (χ3v) is 4.44. The first kappa shape index (κ1) is 18.6. The molecule has 0 radical (unpaired) electrons. The number of aromatic nitrogens is 1. The average Bonchev–Trinajstić information content (AvgIpc) is 2.92. The van der Waals surface area contributed by atoms with Crippen molar-refractivity contribution < 1.29 is 23.9 Å². The van der Waals surface area contributed by atoms with Crippen molar-refractivity contribution in [3.8, 4) is 0 Å². The molecule has 0 atom stereocenters. The molecular formula is C17H18N2O5S. The van der Waals surface area contributed by atoms with Crippen LogP contribution in [0.2, 0.25) is 0 Å². The van der Waals surface area contributed by atoms with Crippen LogP contribution in [0.5, 0.6) is 0 Å². The van der Waals surface area contributed by atoms with Crippen LogP contribution in [-0.2, 0) is 9.47 Å². The standard InChI is InChI=1S/C17H18N2O5S/c1-4-23-16(21)12-10(3)13(17(22)24-5-2)25-15(12)19-14(20)11-6-8-18-9-7-11/h6-9H,4-5H2,1-3H3,(H,19,20). The molecule has 0 aliphatic heterocycles. The topological polar surface area (TPSA) is 94.6 Å². The Hall–Kier alpha value is -2.74. The molecular weight excluding hydrogens is 344 g/mol. The second-order valence-corrected chi connectivity index (χ2v) is 5.91. The molecule has 2 heterocycles. The van der Waals surface area contributed by atoms with Crippen molar-refractivity contribution in [2.75, 3.05) is 18.5 Å². The normalized spacial score (nSPS) is 10.2. The molecule has 2 aromatic rings. The van der Waals surface area contributed by atoms with Crippen LogP contribution in [0.3, 0.4) is 0 Å². The summed E-state index contributed by atoms with van der Waals surface area (Å²) in [5, 5.41) is 2.92. The molecule has 0 aliphatic rings. The minimum Gasteiger partial charge on any atom is -0.462 e. The molecule has 0 unspecified atom stereocenters. The molecule has 0 aromatic carbocycles. The lowest BCUT2D eigenvalue weighted by Crippen LogP contribution is -2.15. The van der Waals surface area contributed by atoms with E-state index in [9.17, 15) is 14.4 Å². The van der Waals surface area contributed by atoms with Crippen molar-refractivity contribution in [2.45, 2.75) is 20.8 Å². The molecule has 1 N–H and O–H groups in total. The number of hydrogen-bond acceptors (Lipinski definition) is 7. The molecule has 2 aromatic heterocycles. The van der Waals surface area contributed by atoms with Gasteiger partial charge in [0.15, 0.2) is 0 Å². The Kier molecular flexibility index (Phi) is 6.24. The number of thiophene rings is 1. The second-order valence-electron chi connectivity index (χ2n) is 4.89. The van der Waals surface area contributed by atoms with Crippen molar-refractivity contribution >= 4 is 34.2 Å². The maximum absolute atomic E-state index is 12.4. The number of rotatable bonds is 6. The Morgan fingerprint density at radius 3 is 2.28 bits per heavy atom. The molecule has 0 saturated carbocycles. The van der Waals surface area contributed by atoms with Gasteiger partial charge in [-0.2, -0.15) is 0 Å². The molecule has 0 aliphatic carbocycles. The van der Waals surface area contributed by atoms with Gasteiger partial charge in [0.1, 0.15) is 9.88 Å². The predicted molar refractivity (Wildman–Crippen MR) is 93.2 cm³/mol. The fourth-order valence-corrected chi connectivity index (χ4v) is 3.20. The van der Waals surface area contributed by atoms with E-state index in [1.165, 1.54) is 12.4 Å². The SMILES string of the molecule is CCOC(=O)c1sc(NC(=O)c2ccncc2)c(C(=O)OCC)c1C. The highest BCUT2D eigenvalue weighted by Crippen LogP contribution is 2.34. The predicted octanol–water partition coefficient (Wildman–Crippen LogP) is 3.06. The van der Waals surface area contributed by atoms with E-state index in [1.54, 1.807) is 32.9 Å². The van der Waals surface area contributed by atoms with Crippen LogP contribution in [0.25, 0.3) is 0 Å². The summed E-state index contributed by atoms with van der Waals surface area (Å²) in [6.07, 6.45) is 2.98. The number of nitrogens with zero attached hydrogens (tertiary/aromatic N) is 1. The van der Waals surface area contributed by atoms with Gasteiger partial charge in [-0.15, -0.1) is 11.3 Å². The van der Waals surface area contributed by atoms with E-state index >= 15 is 0 Å². The van der Waals surface area contributed by atoms with Crippen molar-refractivity contribution in [1.82, 2.24) is 4.98 Å². The van der Waals surface area contributed by atoms with Crippen molar-refractivity contribution in [3.63, 3.8) is 0 Å². The van der Waals surface area contributed by atoms with Gasteiger partial charge >= 0.3 is 11.9 Å². The molecule has 8 heteroatoms. The number of nitrogens with one attached hydrogen (secondary N) is 1. The zero-order chi connectivity index (χ0) is 18.4. The van der Waals surface area contributed by atoms with Gasteiger partial charge in [-0.25, -0.2) is 9.59 Å². The molecule has 0 spiro atoms. The lowest BCUT2D eigenvalue weighted by atomic mass is 10.1. The Balaban J connectivity index is 2.41. The first-order valence-electron chi connectivity index (χ1n) is 7.68. The quantitative estimate of drug-likeness (QED) is 0.794. The molecule has 1 amide bonds. The summed E-state index contributed by atoms with van der Waals surface area (Å²) in [6, 6.07) is 3.10. The Morgan fingerprint density at radius 2 is 1.68 bits per heavy atom. The van der Waals surface area contributed by atoms with Gasteiger partial charge < -0.3 is 14.8 Å². The van der Waals surface area contributed by atoms with E-state index < -0.39 is 17.8 Å². The highest BCUT2D eigenvalue weighted by atomic mass is 32.1. The largest absolute Gasteiger partial charge is 0.462 e. The summed E-state index contributed by atoms with van der Waals surface area (Å²) in [4.78, 5) is 40.8. The molecule has 132 valence electrons. The lowest BCUT2D eigenvalue weighted by molar-refractivity contribution is 0.0527. The van der Waals surface area contributed by atoms with Crippen LogP contribution >= 0.6 is 11.3 Å². The Morgan fingerprint density at radius 1 is 1.08 bits per heavy atom. The first-order chi connectivity index (χ1) is 12.0. The zero-order valence-electron chi connectivity index (χ0n) is 14.1. The van der Waals surface area contributed by atoms with Crippen LogP contribution in [0, 0.1) is 6.92 Å². The highest BCUT2D eigenvalue weighted by molar-refractivity contribution is 7.18. The summed E-state index contributed by atoms with van der Waals surface area (Å²) in [5.41, 5.74) is 0.970. The van der Waals surface area contributed by atoms with Gasteiger partial charge in [0.2, 0.25) is 0 Å². The number of amides is 1. The molecule has 2 rings (SSSR count). The van der Waals surface area contributed by atoms with Crippen LogP contribution in [0.1, 0.15) is 49.8 Å². The molecule has 7 nitrogen and oxygen atoms in total. The number of esters is 2. The van der Waals surface area contributed by atoms with E-state index in [-0.39, 0.29) is 28.7 Å². The van der Waals surface area contributed by atoms with E-state index in [2.05, 4.69) is 10.3 Å². The number of carbonyl (C=O) groups excluding carboxylic acids is 3. The highest BCUT2D eigenvalue weighted by Gasteiger charge is 2.27. The Bertz CT molecular complexity index is 786. The zero-order valence-corrected chi connectivity index (χ0v) is 14.9. The van der Waals surface area contributed by atoms with Gasteiger partial charge in [-0.1, -0.05) is 0 Å². The Labute approximate surface area is 149 Å². The van der Waals surface area contributed by atoms with Crippen molar-refractivity contribution in [3.05, 3.63) is 46.1 Å². The summed E-state index contributed by atoms with van der Waals surface area (Å²) in [6.45, 7) is 5.39. The number of hydrogen-bond donors (Lipinski definition) is 1. The fourth-order valence-electron chi connectivity index (χ4n) is 2.12. The fraction of sp³-hybridized carbons (Fsp3) is 0.294. The van der Waals surface area contributed by atoms with Gasteiger partial charge in [-0.3, -0.25) is 9.78 Å². The third-order valence-electron chi connectivity index (χ3n) is 3.26. The van der Waals surface area contributed by atoms with Gasteiger partial charge in [-0.05, 0) is 38.5 Å². The maximum Gasteiger partial charge on any atom is 0.348 e. The second kappa shape index (κ2) is 8.39. The van der Waals surface area contributed by atoms with E-state index in [4.69, 9.17) is 9.47 Å². The van der Waals surface area contributed by atoms with E-state index in [1.807, 2.05) is 0 Å². The molecule has 0 bridgehead atoms. The minimum absolute atomic E-state index is 0.164. The summed E-state index contributed by atoms with van der Waals surface area (Å²) >= 11 is 0.988. The average molecular weight is 362 g/mol. The minimum atomic E-state index is -0.600. The first-order valence-corrected chi connectivity index (χ1v) is 8.50. The van der Waals surface area contributed by atoms with Crippen LogP contribution in [0.15, 0.2) is 24.5 Å². The van der Waals surface area contributed by atoms with Gasteiger partial charge in [0.25, 0.3) is 5.91 Å². The molecule has 0 fully saturated rings.